The molecule has 264 valence electrons. The number of pyridine rings is 1. The Hall–Kier alpha value is -7.05. The van der Waals surface area contributed by atoms with E-state index in [1.165, 1.54) is 30.3 Å². The summed E-state index contributed by atoms with van der Waals surface area (Å²) in [4.78, 5) is 8.08. The highest BCUT2D eigenvalue weighted by atomic mass is 19.3. The Bertz CT molecular complexity index is 3290. The first-order chi connectivity index (χ1) is 31.2. The second kappa shape index (κ2) is 13.1. The number of aromatic nitrogens is 2. The Kier molecular flexibility index (Phi) is 5.62. The van der Waals surface area contributed by atoms with Crippen molar-refractivity contribution >= 4 is 44.6 Å². The van der Waals surface area contributed by atoms with Crippen LogP contribution in [0.5, 0.6) is 0 Å². The molecule has 0 spiro atoms. The van der Waals surface area contributed by atoms with Crippen molar-refractivity contribution in [3.63, 3.8) is 0 Å². The van der Waals surface area contributed by atoms with Crippen molar-refractivity contribution in [2.75, 3.05) is 16.5 Å². The molecular weight excluding hydrogens is 683 g/mol. The predicted molar refractivity (Wildman–Crippen MR) is 221 cm³/mol. The Morgan fingerprint density at radius 3 is 1.87 bits per heavy atom. The van der Waals surface area contributed by atoms with Crippen molar-refractivity contribution in [1.29, 1.82) is 0 Å². The summed E-state index contributed by atoms with van der Waals surface area (Å²) in [6.45, 7) is -0.0775. The summed E-state index contributed by atoms with van der Waals surface area (Å²) in [7, 11) is 0. The lowest BCUT2D eigenvalue weighted by Gasteiger charge is -2.27. The third kappa shape index (κ3) is 5.45. The van der Waals surface area contributed by atoms with Crippen molar-refractivity contribution in [3.8, 4) is 28.1 Å². The van der Waals surface area contributed by atoms with Gasteiger partial charge in [0.25, 0.3) is 5.92 Å². The largest absolute Gasteiger partial charge is 0.321 e. The van der Waals surface area contributed by atoms with Gasteiger partial charge in [0.15, 0.2) is 0 Å². The molecular formula is C49H34F2N4. The SMILES string of the molecule is [2H]c1c([2H])c([2H])c(-c2cccc(-c3c([2H])c([2H])c([2H])c([2H])c3[2H])c2N2CN(c3cccc(C(F)(F)c4ccc5c6ccccc6n(-c6ccccn6)c5c4)c3)c3ccccc32)c([2H])c1[2H]. The van der Waals surface area contributed by atoms with E-state index in [0.717, 1.165) is 16.3 Å². The molecule has 0 amide bonds. The highest BCUT2D eigenvalue weighted by Crippen LogP contribution is 2.50. The molecule has 0 aliphatic carbocycles. The maximum Gasteiger partial charge on any atom is 0.298 e. The van der Waals surface area contributed by atoms with Gasteiger partial charge in [-0.2, -0.15) is 8.78 Å². The van der Waals surface area contributed by atoms with Crippen LogP contribution in [0.15, 0.2) is 194 Å². The zero-order valence-electron chi connectivity index (χ0n) is 39.0. The minimum atomic E-state index is -3.49. The van der Waals surface area contributed by atoms with E-state index in [0.29, 0.717) is 28.4 Å². The van der Waals surface area contributed by atoms with E-state index in [1.807, 2.05) is 41.0 Å². The van der Waals surface area contributed by atoms with Gasteiger partial charge in [0.2, 0.25) is 0 Å². The minimum absolute atomic E-state index is 0.0775. The first-order valence-electron chi connectivity index (χ1n) is 22.6. The third-order valence-electron chi connectivity index (χ3n) is 10.0. The van der Waals surface area contributed by atoms with E-state index in [9.17, 15) is 0 Å². The summed E-state index contributed by atoms with van der Waals surface area (Å²) < 4.78 is 123. The van der Waals surface area contributed by atoms with E-state index in [1.54, 1.807) is 76.7 Å². The molecule has 9 aromatic rings. The monoisotopic (exact) mass is 726 g/mol. The normalized spacial score (nSPS) is 15.3. The number of benzene rings is 7. The molecule has 3 heterocycles. The number of nitrogens with zero attached hydrogens (tertiary/aromatic N) is 4. The fourth-order valence-corrected chi connectivity index (χ4v) is 7.57. The molecule has 10 rings (SSSR count). The lowest BCUT2D eigenvalue weighted by Crippen LogP contribution is -2.25. The number of hydrogen-bond acceptors (Lipinski definition) is 3. The van der Waals surface area contributed by atoms with Gasteiger partial charge in [0.05, 0.1) is 41.8 Å². The molecule has 6 heteroatoms. The molecule has 0 saturated heterocycles. The fourth-order valence-electron chi connectivity index (χ4n) is 7.57. The number of halogens is 2. The molecule has 1 aliphatic rings. The van der Waals surface area contributed by atoms with Crippen molar-refractivity contribution in [2.45, 2.75) is 5.92 Å². The quantitative estimate of drug-likeness (QED) is 0.163. The van der Waals surface area contributed by atoms with Crippen LogP contribution in [0.25, 0.3) is 49.9 Å². The number of anilines is 4. The van der Waals surface area contributed by atoms with Crippen LogP contribution in [0.4, 0.5) is 31.5 Å². The summed E-state index contributed by atoms with van der Waals surface area (Å²) in [5.41, 5.74) is 2.42. The standard InChI is InChI=1S/C49H34F2N4/c50-49(51,37-28-29-42-41-21-7-8-24-43(41)55(46(42)32-37)47-27-11-12-30-52-47)36-19-13-20-38(31-36)53-33-54(45-26-10-9-25-44(45)53)48-39(34-15-3-1-4-16-34)22-14-23-40(48)35-17-5-2-6-18-35/h1-32H,33H2/i1D,2D,3D,4D,5D,6D,15D,16D,17D,18D. The minimum Gasteiger partial charge on any atom is -0.321 e. The third-order valence-corrected chi connectivity index (χ3v) is 10.0. The highest BCUT2D eigenvalue weighted by Gasteiger charge is 2.37. The lowest BCUT2D eigenvalue weighted by molar-refractivity contribution is 0.0430. The fraction of sp³-hybridized carbons (Fsp3) is 0.0408. The molecule has 1 aliphatic heterocycles. The molecule has 4 nitrogen and oxygen atoms in total. The molecule has 2 aromatic heterocycles. The summed E-state index contributed by atoms with van der Waals surface area (Å²) in [6.07, 6.45) is 1.66. The number of alkyl halides is 2. The number of rotatable bonds is 7. The Morgan fingerprint density at radius 2 is 1.16 bits per heavy atom. The van der Waals surface area contributed by atoms with Gasteiger partial charge in [-0.25, -0.2) is 4.98 Å². The molecule has 0 radical (unpaired) electrons. The van der Waals surface area contributed by atoms with Gasteiger partial charge in [0, 0.05) is 44.9 Å². The smallest absolute Gasteiger partial charge is 0.298 e. The van der Waals surface area contributed by atoms with Gasteiger partial charge in [-0.05, 0) is 59.7 Å². The van der Waals surface area contributed by atoms with Crippen molar-refractivity contribution in [3.05, 3.63) is 205 Å². The van der Waals surface area contributed by atoms with Crippen molar-refractivity contribution in [2.24, 2.45) is 0 Å². The average Bonchev–Trinajstić information content (AvgIpc) is 3.88. The van der Waals surface area contributed by atoms with E-state index in [-0.39, 0.29) is 45.7 Å². The maximum absolute atomic E-state index is 17.1. The van der Waals surface area contributed by atoms with Crippen LogP contribution in [0, 0.1) is 0 Å². The van der Waals surface area contributed by atoms with Gasteiger partial charge in [0.1, 0.15) is 12.5 Å². The van der Waals surface area contributed by atoms with E-state index in [2.05, 4.69) is 4.98 Å². The van der Waals surface area contributed by atoms with Crippen molar-refractivity contribution in [1.82, 2.24) is 9.55 Å². The second-order valence-corrected chi connectivity index (χ2v) is 13.1. The molecule has 0 saturated carbocycles. The van der Waals surface area contributed by atoms with Crippen LogP contribution in [-0.4, -0.2) is 16.2 Å². The number of para-hydroxylation sites is 4. The summed E-state index contributed by atoms with van der Waals surface area (Å²) in [5.74, 6) is -2.91. The molecule has 0 fully saturated rings. The second-order valence-electron chi connectivity index (χ2n) is 13.1. The van der Waals surface area contributed by atoms with E-state index in [4.69, 9.17) is 13.7 Å². The Morgan fingerprint density at radius 1 is 0.545 bits per heavy atom. The van der Waals surface area contributed by atoms with Crippen LogP contribution in [-0.2, 0) is 5.92 Å². The molecule has 0 N–H and O–H groups in total. The van der Waals surface area contributed by atoms with Crippen LogP contribution >= 0.6 is 0 Å². The van der Waals surface area contributed by atoms with Gasteiger partial charge in [-0.15, -0.1) is 0 Å². The molecule has 0 bridgehead atoms. The van der Waals surface area contributed by atoms with E-state index >= 15 is 8.78 Å². The van der Waals surface area contributed by atoms with Crippen molar-refractivity contribution < 1.29 is 22.5 Å². The molecule has 0 unspecified atom stereocenters. The molecule has 0 atom stereocenters. The van der Waals surface area contributed by atoms with Crippen LogP contribution in [0.1, 0.15) is 24.8 Å². The topological polar surface area (TPSA) is 24.3 Å². The van der Waals surface area contributed by atoms with E-state index < -0.39 is 66.3 Å². The number of hydrogen-bond donors (Lipinski definition) is 0. The summed E-state index contributed by atoms with van der Waals surface area (Å²) in [5, 5.41) is 1.69. The Balaban J connectivity index is 1.13. The van der Waals surface area contributed by atoms with Gasteiger partial charge in [-0.1, -0.05) is 139 Å². The average molecular weight is 727 g/mol. The first-order valence-corrected chi connectivity index (χ1v) is 17.6. The molecule has 55 heavy (non-hydrogen) atoms. The summed E-state index contributed by atoms with van der Waals surface area (Å²) in [6, 6.07) is 30.0. The zero-order valence-corrected chi connectivity index (χ0v) is 29.0. The predicted octanol–water partition coefficient (Wildman–Crippen LogP) is 12.9. The van der Waals surface area contributed by atoms with Gasteiger partial charge >= 0.3 is 0 Å². The summed E-state index contributed by atoms with van der Waals surface area (Å²) >= 11 is 0. The maximum atomic E-state index is 17.1. The molecule has 7 aromatic carbocycles. The Labute approximate surface area is 331 Å². The van der Waals surface area contributed by atoms with Crippen LogP contribution in [0.3, 0.4) is 0 Å². The van der Waals surface area contributed by atoms with Crippen LogP contribution < -0.4 is 9.80 Å². The van der Waals surface area contributed by atoms with Gasteiger partial charge in [-0.3, -0.25) is 4.57 Å². The lowest BCUT2D eigenvalue weighted by atomic mass is 9.95. The van der Waals surface area contributed by atoms with Crippen LogP contribution in [0.2, 0.25) is 0 Å². The van der Waals surface area contributed by atoms with Gasteiger partial charge < -0.3 is 9.80 Å². The number of fused-ring (bicyclic) bond motifs is 4. The zero-order chi connectivity index (χ0) is 45.6. The highest BCUT2D eigenvalue weighted by molar-refractivity contribution is 6.09. The first kappa shape index (κ1) is 23.6.